The number of nitrogens with zero attached hydrogens (tertiary/aromatic N) is 2. The van der Waals surface area contributed by atoms with Crippen LogP contribution in [0.5, 0.6) is 0 Å². The largest absolute Gasteiger partial charge is 0.339 e. The Hall–Kier alpha value is -0.770. The van der Waals surface area contributed by atoms with Crippen molar-refractivity contribution in [2.45, 2.75) is 20.3 Å². The third-order valence-electron chi connectivity index (χ3n) is 3.83. The topological polar surface area (TPSA) is 67.3 Å². The van der Waals surface area contributed by atoms with Gasteiger partial charge in [-0.05, 0) is 91.5 Å². The zero-order valence-corrected chi connectivity index (χ0v) is 19.7. The zero-order chi connectivity index (χ0) is 19.5. The Labute approximate surface area is 178 Å². The Bertz CT molecular complexity index is 873. The van der Waals surface area contributed by atoms with Crippen LogP contribution in [0.4, 0.5) is 0 Å². The average molecular weight is 569 g/mol. The van der Waals surface area contributed by atoms with Crippen LogP contribution in [0.1, 0.15) is 24.2 Å². The van der Waals surface area contributed by atoms with Crippen molar-refractivity contribution >= 4 is 63.5 Å². The third-order valence-corrected chi connectivity index (χ3v) is 9.07. The average Bonchev–Trinajstić information content (AvgIpc) is 2.62. The fourth-order valence-electron chi connectivity index (χ4n) is 2.33. The van der Waals surface area contributed by atoms with Crippen LogP contribution in [0, 0.1) is 0 Å². The highest BCUT2D eigenvalue weighted by Crippen LogP contribution is 2.42. The molecule has 140 valence electrons. The maximum Gasteiger partial charge on any atom is 0.253 e. The normalized spacial score (nSPS) is 12.0. The van der Waals surface area contributed by atoms with Gasteiger partial charge in [-0.1, -0.05) is 12.1 Å². The Morgan fingerprint density at radius 3 is 1.96 bits per heavy atom. The molecule has 0 saturated carbocycles. The Balaban J connectivity index is 2.27. The molecule has 0 aliphatic rings. The summed E-state index contributed by atoms with van der Waals surface area (Å²) in [7, 11) is -3.72. The van der Waals surface area contributed by atoms with Crippen molar-refractivity contribution in [3.63, 3.8) is 0 Å². The van der Waals surface area contributed by atoms with E-state index in [1.54, 1.807) is 23.1 Å². The highest BCUT2D eigenvalue weighted by atomic mass is 80.0. The van der Waals surface area contributed by atoms with Gasteiger partial charge in [-0.15, -0.1) is 0 Å². The monoisotopic (exact) mass is 566 g/mol. The van der Waals surface area contributed by atoms with Gasteiger partial charge in [-0.25, -0.2) is 13.4 Å². The van der Waals surface area contributed by atoms with Crippen molar-refractivity contribution in [2.24, 2.45) is 0 Å². The van der Waals surface area contributed by atoms with E-state index < -0.39 is 11.3 Å². The molecule has 0 fully saturated rings. The molecule has 1 heterocycles. The van der Waals surface area contributed by atoms with Gasteiger partial charge in [-0.3, -0.25) is 4.79 Å². The van der Waals surface area contributed by atoms with Gasteiger partial charge in [0.25, 0.3) is 5.91 Å². The van der Waals surface area contributed by atoms with E-state index >= 15 is 0 Å². The highest BCUT2D eigenvalue weighted by molar-refractivity contribution is 9.42. The van der Waals surface area contributed by atoms with E-state index in [2.05, 4.69) is 52.8 Å². The van der Waals surface area contributed by atoms with E-state index in [1.807, 2.05) is 26.0 Å². The molecular weight excluding hydrogens is 552 g/mol. The first-order chi connectivity index (χ1) is 12.1. The highest BCUT2D eigenvalue weighted by Gasteiger charge is 2.38. The molecule has 0 saturated heterocycles. The molecule has 5 nitrogen and oxygen atoms in total. The molecule has 26 heavy (non-hydrogen) atoms. The van der Waals surface area contributed by atoms with E-state index in [0.29, 0.717) is 18.7 Å². The van der Waals surface area contributed by atoms with Gasteiger partial charge >= 0.3 is 0 Å². The predicted octanol–water partition coefficient (Wildman–Crippen LogP) is 4.80. The molecule has 2 rings (SSSR count). The number of alkyl halides is 3. The van der Waals surface area contributed by atoms with Crippen molar-refractivity contribution in [3.8, 4) is 11.1 Å². The third kappa shape index (κ3) is 4.55. The first-order valence-electron chi connectivity index (χ1n) is 7.79. The first-order valence-corrected chi connectivity index (χ1v) is 11.6. The molecule has 9 heteroatoms. The van der Waals surface area contributed by atoms with E-state index in [-0.39, 0.29) is 10.9 Å². The van der Waals surface area contributed by atoms with Crippen molar-refractivity contribution in [1.29, 1.82) is 0 Å². The van der Waals surface area contributed by atoms with Crippen molar-refractivity contribution in [2.75, 3.05) is 13.1 Å². The summed E-state index contributed by atoms with van der Waals surface area (Å²) in [5.74, 6) is -0.00980. The van der Waals surface area contributed by atoms with Gasteiger partial charge in [-0.2, -0.15) is 0 Å². The summed E-state index contributed by atoms with van der Waals surface area (Å²) in [6.45, 7) is 5.21. The van der Waals surface area contributed by atoms with Crippen LogP contribution >= 0.6 is 47.8 Å². The van der Waals surface area contributed by atoms with Crippen LogP contribution in [0.25, 0.3) is 11.1 Å². The van der Waals surface area contributed by atoms with Crippen LogP contribution in [0.15, 0.2) is 47.6 Å². The zero-order valence-electron chi connectivity index (χ0n) is 14.1. The Morgan fingerprint density at radius 1 is 1.00 bits per heavy atom. The lowest BCUT2D eigenvalue weighted by atomic mass is 10.1. The number of amides is 1. The molecule has 0 N–H and O–H groups in total. The van der Waals surface area contributed by atoms with Gasteiger partial charge in [0.1, 0.15) is 0 Å². The molecule has 0 aliphatic heterocycles. The van der Waals surface area contributed by atoms with Crippen LogP contribution in [0.3, 0.4) is 0 Å². The number of pyridine rings is 1. The number of halogens is 3. The second-order valence-electron chi connectivity index (χ2n) is 5.39. The van der Waals surface area contributed by atoms with Crippen LogP contribution < -0.4 is 0 Å². The maximum absolute atomic E-state index is 12.3. The molecule has 1 aromatic heterocycles. The second kappa shape index (κ2) is 8.50. The van der Waals surface area contributed by atoms with Gasteiger partial charge in [0.05, 0.1) is 0 Å². The molecule has 1 amide bonds. The summed E-state index contributed by atoms with van der Waals surface area (Å²) in [6.07, 6.45) is 1.49. The SMILES string of the molecule is CCN(CC)C(=O)c1ccc(-c2ccc(S(=O)(=O)C(Br)(Br)Br)nc2)cc1. The number of benzene rings is 1. The second-order valence-corrected chi connectivity index (χ2v) is 15.8. The standard InChI is InChI=1S/C17H17Br3N2O3S/c1-3-22(4-2)16(23)13-7-5-12(6-8-13)14-9-10-15(21-11-14)26(24,25)17(18,19)20/h5-11H,3-4H2,1-2H3. The lowest BCUT2D eigenvalue weighted by Crippen LogP contribution is -2.30. The van der Waals surface area contributed by atoms with E-state index in [0.717, 1.165) is 11.1 Å². The first kappa shape index (κ1) is 21.5. The number of hydrogen-bond acceptors (Lipinski definition) is 4. The van der Waals surface area contributed by atoms with Crippen molar-refractivity contribution in [1.82, 2.24) is 9.88 Å². The van der Waals surface area contributed by atoms with Gasteiger partial charge in [0.2, 0.25) is 11.3 Å². The number of rotatable bonds is 5. The fourth-order valence-corrected chi connectivity index (χ4v) is 4.50. The number of carbonyl (C=O) groups excluding carboxylic acids is 1. The Kier molecular flexibility index (Phi) is 7.04. The van der Waals surface area contributed by atoms with Crippen molar-refractivity contribution < 1.29 is 13.2 Å². The molecule has 0 unspecified atom stereocenters. The van der Waals surface area contributed by atoms with Gasteiger partial charge < -0.3 is 4.90 Å². The number of sulfone groups is 1. The minimum absolute atomic E-state index is 0.00980. The number of hydrogen-bond donors (Lipinski definition) is 0. The van der Waals surface area contributed by atoms with E-state index in [4.69, 9.17) is 0 Å². The summed E-state index contributed by atoms with van der Waals surface area (Å²) >= 11 is 9.04. The van der Waals surface area contributed by atoms with E-state index in [1.165, 1.54) is 12.3 Å². The smallest absolute Gasteiger partial charge is 0.253 e. The van der Waals surface area contributed by atoms with E-state index in [9.17, 15) is 13.2 Å². The molecule has 0 bridgehead atoms. The molecular formula is C17H17Br3N2O3S. The lowest BCUT2D eigenvalue weighted by molar-refractivity contribution is 0.0773. The molecule has 0 radical (unpaired) electrons. The van der Waals surface area contributed by atoms with Crippen molar-refractivity contribution in [3.05, 3.63) is 48.2 Å². The summed E-state index contributed by atoms with van der Waals surface area (Å²) in [5.41, 5.74) is 2.22. The summed E-state index contributed by atoms with van der Waals surface area (Å²) in [4.78, 5) is 18.1. The molecule has 1 aromatic carbocycles. The van der Waals surface area contributed by atoms with Crippen LogP contribution in [0.2, 0.25) is 0 Å². The van der Waals surface area contributed by atoms with Crippen LogP contribution in [-0.2, 0) is 9.84 Å². The molecule has 2 aromatic rings. The minimum Gasteiger partial charge on any atom is -0.339 e. The lowest BCUT2D eigenvalue weighted by Gasteiger charge is -2.18. The number of carbonyl (C=O) groups is 1. The quantitative estimate of drug-likeness (QED) is 0.486. The summed E-state index contributed by atoms with van der Waals surface area (Å²) < 4.78 is 23.1. The summed E-state index contributed by atoms with van der Waals surface area (Å²) in [5, 5.41) is -0.0693. The Morgan fingerprint density at radius 2 is 1.54 bits per heavy atom. The maximum atomic E-state index is 12.3. The molecule has 0 spiro atoms. The predicted molar refractivity (Wildman–Crippen MR) is 114 cm³/mol. The summed E-state index contributed by atoms with van der Waals surface area (Å²) in [6, 6.07) is 10.3. The minimum atomic E-state index is -3.72. The molecule has 0 aliphatic carbocycles. The number of aromatic nitrogens is 1. The van der Waals surface area contributed by atoms with Crippen LogP contribution in [-0.4, -0.2) is 38.8 Å². The van der Waals surface area contributed by atoms with Gasteiger partial charge in [0.15, 0.2) is 5.03 Å². The fraction of sp³-hybridized carbons (Fsp3) is 0.294. The molecule has 0 atom stereocenters. The van der Waals surface area contributed by atoms with Gasteiger partial charge in [0, 0.05) is 30.4 Å².